The van der Waals surface area contributed by atoms with Crippen molar-refractivity contribution in [3.8, 4) is 11.5 Å². The molecule has 1 aromatic carbocycles. The summed E-state index contributed by atoms with van der Waals surface area (Å²) in [5.74, 6) is 1.84. The van der Waals surface area contributed by atoms with Crippen molar-refractivity contribution >= 4 is 6.29 Å². The van der Waals surface area contributed by atoms with Crippen molar-refractivity contribution in [1.82, 2.24) is 14.8 Å². The summed E-state index contributed by atoms with van der Waals surface area (Å²) < 4.78 is 12.4. The minimum Gasteiger partial charge on any atom is -0.497 e. The number of methoxy groups -OCH3 is 1. The van der Waals surface area contributed by atoms with Crippen LogP contribution in [0.1, 0.15) is 23.1 Å². The molecule has 0 N–H and O–H groups in total. The van der Waals surface area contributed by atoms with Crippen molar-refractivity contribution in [2.45, 2.75) is 20.1 Å². The largest absolute Gasteiger partial charge is 0.497 e. The summed E-state index contributed by atoms with van der Waals surface area (Å²) in [6.07, 6.45) is 2.22. The molecule has 0 spiro atoms. The molecule has 0 atom stereocenters. The first kappa shape index (κ1) is 13.1. The lowest BCUT2D eigenvalue weighted by atomic mass is 10.2. The first-order valence-corrected chi connectivity index (χ1v) is 5.91. The lowest BCUT2D eigenvalue weighted by Gasteiger charge is -2.09. The van der Waals surface area contributed by atoms with Crippen LogP contribution in [0.15, 0.2) is 24.5 Å². The number of hydrogen-bond acceptors (Lipinski definition) is 5. The molecule has 0 saturated heterocycles. The van der Waals surface area contributed by atoms with E-state index >= 15 is 0 Å². The molecular weight excluding hydrogens is 246 g/mol. The third-order valence-corrected chi connectivity index (χ3v) is 2.70. The topological polar surface area (TPSA) is 66.2 Å². The zero-order valence-electron chi connectivity index (χ0n) is 10.9. The van der Waals surface area contributed by atoms with Crippen molar-refractivity contribution in [2.75, 3.05) is 7.11 Å². The molecule has 0 aliphatic rings. The molecule has 2 rings (SSSR count). The van der Waals surface area contributed by atoms with Crippen LogP contribution in [0.2, 0.25) is 0 Å². The normalized spacial score (nSPS) is 10.2. The summed E-state index contributed by atoms with van der Waals surface area (Å²) in [7, 11) is 1.55. The van der Waals surface area contributed by atoms with Crippen LogP contribution in [0, 0.1) is 0 Å². The number of aryl methyl sites for hydroxylation is 1. The van der Waals surface area contributed by atoms with Gasteiger partial charge in [0.2, 0.25) is 0 Å². The molecule has 0 aliphatic carbocycles. The van der Waals surface area contributed by atoms with Gasteiger partial charge in [0, 0.05) is 6.54 Å². The molecule has 0 aliphatic heterocycles. The van der Waals surface area contributed by atoms with Crippen molar-refractivity contribution < 1.29 is 14.3 Å². The van der Waals surface area contributed by atoms with E-state index in [4.69, 9.17) is 9.47 Å². The second-order valence-electron chi connectivity index (χ2n) is 3.80. The minimum absolute atomic E-state index is 0.265. The van der Waals surface area contributed by atoms with Crippen LogP contribution in [0.25, 0.3) is 0 Å². The van der Waals surface area contributed by atoms with E-state index in [9.17, 15) is 4.79 Å². The summed E-state index contributed by atoms with van der Waals surface area (Å²) in [5, 5.41) is 4.05. The van der Waals surface area contributed by atoms with Crippen LogP contribution in [0.5, 0.6) is 11.5 Å². The van der Waals surface area contributed by atoms with Crippen molar-refractivity contribution in [2.24, 2.45) is 0 Å². The standard InChI is InChI=1S/C13H15N3O3/c1-3-16-13(14-9-15-16)8-19-12-5-4-11(18-2)6-10(12)7-17/h4-7,9H,3,8H2,1-2H3. The van der Waals surface area contributed by atoms with Crippen LogP contribution in [-0.4, -0.2) is 28.2 Å². The average molecular weight is 261 g/mol. The first-order valence-electron chi connectivity index (χ1n) is 5.91. The number of hydrogen-bond donors (Lipinski definition) is 0. The van der Waals surface area contributed by atoms with Gasteiger partial charge in [-0.15, -0.1) is 0 Å². The maximum atomic E-state index is 11.0. The Balaban J connectivity index is 2.13. The van der Waals surface area contributed by atoms with E-state index in [1.807, 2.05) is 6.92 Å². The van der Waals surface area contributed by atoms with Crippen molar-refractivity contribution in [3.63, 3.8) is 0 Å². The number of carbonyl (C=O) groups is 1. The molecule has 0 fully saturated rings. The molecule has 6 heteroatoms. The van der Waals surface area contributed by atoms with Crippen LogP contribution in [0.3, 0.4) is 0 Å². The Bertz CT molecular complexity index is 566. The summed E-state index contributed by atoms with van der Waals surface area (Å²) in [4.78, 5) is 15.1. The zero-order chi connectivity index (χ0) is 13.7. The lowest BCUT2D eigenvalue weighted by molar-refractivity contribution is 0.111. The summed E-state index contributed by atoms with van der Waals surface area (Å²) in [6, 6.07) is 5.08. The Labute approximate surface area is 111 Å². The Kier molecular flexibility index (Phi) is 4.12. The molecule has 2 aromatic rings. The minimum atomic E-state index is 0.265. The Morgan fingerprint density at radius 2 is 2.26 bits per heavy atom. The van der Waals surface area contributed by atoms with Gasteiger partial charge in [-0.2, -0.15) is 5.10 Å². The first-order chi connectivity index (χ1) is 9.28. The molecular formula is C13H15N3O3. The quantitative estimate of drug-likeness (QED) is 0.740. The van der Waals surface area contributed by atoms with Gasteiger partial charge < -0.3 is 9.47 Å². The number of carbonyl (C=O) groups excluding carboxylic acids is 1. The molecule has 1 heterocycles. The third-order valence-electron chi connectivity index (χ3n) is 2.70. The van der Waals surface area contributed by atoms with Crippen LogP contribution in [-0.2, 0) is 13.2 Å². The Hall–Kier alpha value is -2.37. The summed E-state index contributed by atoms with van der Waals surface area (Å²) >= 11 is 0. The molecule has 1 aromatic heterocycles. The van der Waals surface area contributed by atoms with Gasteiger partial charge in [0.05, 0.1) is 12.7 Å². The van der Waals surface area contributed by atoms with Gasteiger partial charge >= 0.3 is 0 Å². The van der Waals surface area contributed by atoms with Gasteiger partial charge in [0.15, 0.2) is 12.1 Å². The maximum Gasteiger partial charge on any atom is 0.164 e. The van der Waals surface area contributed by atoms with Crippen LogP contribution < -0.4 is 9.47 Å². The van der Waals surface area contributed by atoms with E-state index in [0.717, 1.165) is 18.7 Å². The molecule has 0 amide bonds. The summed E-state index contributed by atoms with van der Waals surface area (Å²) in [6.45, 7) is 2.96. The highest BCUT2D eigenvalue weighted by Crippen LogP contribution is 2.23. The maximum absolute atomic E-state index is 11.0. The monoisotopic (exact) mass is 261 g/mol. The smallest absolute Gasteiger partial charge is 0.164 e. The fourth-order valence-electron chi connectivity index (χ4n) is 1.68. The van der Waals surface area contributed by atoms with Gasteiger partial charge in [-0.05, 0) is 25.1 Å². The number of nitrogens with zero attached hydrogens (tertiary/aromatic N) is 3. The SMILES string of the molecule is CCn1ncnc1COc1ccc(OC)cc1C=O. The number of ether oxygens (including phenoxy) is 2. The Morgan fingerprint density at radius 1 is 1.42 bits per heavy atom. The molecule has 0 unspecified atom stereocenters. The van der Waals surface area contributed by atoms with E-state index < -0.39 is 0 Å². The van der Waals surface area contributed by atoms with Gasteiger partial charge in [-0.25, -0.2) is 9.67 Å². The fourth-order valence-corrected chi connectivity index (χ4v) is 1.68. The van der Waals surface area contributed by atoms with Gasteiger partial charge in [-0.1, -0.05) is 0 Å². The average Bonchev–Trinajstić information content (AvgIpc) is 2.92. The van der Waals surface area contributed by atoms with Gasteiger partial charge in [-0.3, -0.25) is 4.79 Å². The highest BCUT2D eigenvalue weighted by atomic mass is 16.5. The molecule has 0 saturated carbocycles. The molecule has 0 bridgehead atoms. The van der Waals surface area contributed by atoms with E-state index in [0.29, 0.717) is 17.1 Å². The number of benzene rings is 1. The van der Waals surface area contributed by atoms with E-state index in [1.165, 1.54) is 6.33 Å². The third kappa shape index (κ3) is 2.90. The second-order valence-corrected chi connectivity index (χ2v) is 3.80. The van der Waals surface area contributed by atoms with Crippen molar-refractivity contribution in [1.29, 1.82) is 0 Å². The van der Waals surface area contributed by atoms with E-state index in [-0.39, 0.29) is 6.61 Å². The number of rotatable bonds is 6. The predicted molar refractivity (Wildman–Crippen MR) is 68.4 cm³/mol. The fraction of sp³-hybridized carbons (Fsp3) is 0.308. The number of aromatic nitrogens is 3. The Morgan fingerprint density at radius 3 is 2.95 bits per heavy atom. The van der Waals surface area contributed by atoms with E-state index in [2.05, 4.69) is 10.1 Å². The van der Waals surface area contributed by atoms with Crippen molar-refractivity contribution in [3.05, 3.63) is 35.9 Å². The van der Waals surface area contributed by atoms with E-state index in [1.54, 1.807) is 30.0 Å². The van der Waals surface area contributed by atoms with Gasteiger partial charge in [0.25, 0.3) is 0 Å². The zero-order valence-corrected chi connectivity index (χ0v) is 10.9. The summed E-state index contributed by atoms with van der Waals surface area (Å²) in [5.41, 5.74) is 0.446. The highest BCUT2D eigenvalue weighted by Gasteiger charge is 2.08. The molecule has 6 nitrogen and oxygen atoms in total. The molecule has 100 valence electrons. The number of aldehydes is 1. The lowest BCUT2D eigenvalue weighted by Crippen LogP contribution is -2.08. The van der Waals surface area contributed by atoms with Crippen LogP contribution >= 0.6 is 0 Å². The van der Waals surface area contributed by atoms with Gasteiger partial charge in [0.1, 0.15) is 24.4 Å². The molecule has 0 radical (unpaired) electrons. The second kappa shape index (κ2) is 5.99. The molecule has 19 heavy (non-hydrogen) atoms. The van der Waals surface area contributed by atoms with Crippen LogP contribution in [0.4, 0.5) is 0 Å². The highest BCUT2D eigenvalue weighted by molar-refractivity contribution is 5.80. The predicted octanol–water partition coefficient (Wildman–Crippen LogP) is 1.70.